The zero-order valence-electron chi connectivity index (χ0n) is 13.2. The number of amides is 2. The first-order valence-corrected chi connectivity index (χ1v) is 8.44. The molecule has 0 aromatic heterocycles. The topological polar surface area (TPSA) is 70.1 Å². The molecule has 2 unspecified atom stereocenters. The SMILES string of the molecule is CCC(CC)N(CCOC)C(=O)N1C(C)SCC1C(=O)O. The van der Waals surface area contributed by atoms with E-state index < -0.39 is 12.0 Å². The van der Waals surface area contributed by atoms with Crippen LogP contribution in [0.2, 0.25) is 0 Å². The summed E-state index contributed by atoms with van der Waals surface area (Å²) in [5.74, 6) is -0.486. The Morgan fingerprint density at radius 1 is 1.43 bits per heavy atom. The zero-order chi connectivity index (χ0) is 16.0. The summed E-state index contributed by atoms with van der Waals surface area (Å²) in [4.78, 5) is 27.5. The lowest BCUT2D eigenvalue weighted by molar-refractivity contribution is -0.141. The van der Waals surface area contributed by atoms with E-state index in [9.17, 15) is 14.7 Å². The fourth-order valence-electron chi connectivity index (χ4n) is 2.63. The Balaban J connectivity index is 2.94. The number of hydrogen-bond acceptors (Lipinski definition) is 4. The average Bonchev–Trinajstić information content (AvgIpc) is 2.84. The highest BCUT2D eigenvalue weighted by atomic mass is 32.2. The lowest BCUT2D eigenvalue weighted by atomic mass is 10.1. The van der Waals surface area contributed by atoms with Gasteiger partial charge in [-0.1, -0.05) is 13.8 Å². The minimum atomic E-state index is -0.934. The van der Waals surface area contributed by atoms with Gasteiger partial charge in [0.25, 0.3) is 0 Å². The Morgan fingerprint density at radius 3 is 2.52 bits per heavy atom. The van der Waals surface area contributed by atoms with Crippen molar-refractivity contribution in [2.75, 3.05) is 26.0 Å². The van der Waals surface area contributed by atoms with E-state index in [0.717, 1.165) is 12.8 Å². The fourth-order valence-corrected chi connectivity index (χ4v) is 3.79. The Bertz CT molecular complexity index is 363. The lowest BCUT2D eigenvalue weighted by Crippen LogP contribution is -2.54. The van der Waals surface area contributed by atoms with Gasteiger partial charge in [-0.15, -0.1) is 11.8 Å². The zero-order valence-corrected chi connectivity index (χ0v) is 14.1. The number of rotatable bonds is 7. The van der Waals surface area contributed by atoms with E-state index in [2.05, 4.69) is 0 Å². The van der Waals surface area contributed by atoms with Gasteiger partial charge in [0.2, 0.25) is 0 Å². The summed E-state index contributed by atoms with van der Waals surface area (Å²) in [7, 11) is 1.60. The molecule has 0 spiro atoms. The first-order chi connectivity index (χ1) is 9.97. The standard InChI is InChI=1S/C14H26N2O4S/c1-5-11(6-2)15(7-8-20-4)14(19)16-10(3)21-9-12(16)13(17)18/h10-12H,5-9H2,1-4H3,(H,17,18). The van der Waals surface area contributed by atoms with Crippen LogP contribution < -0.4 is 0 Å². The number of methoxy groups -OCH3 is 1. The van der Waals surface area contributed by atoms with Crippen molar-refractivity contribution < 1.29 is 19.4 Å². The van der Waals surface area contributed by atoms with Crippen LogP contribution in [0.15, 0.2) is 0 Å². The van der Waals surface area contributed by atoms with Gasteiger partial charge in [0.1, 0.15) is 6.04 Å². The van der Waals surface area contributed by atoms with Crippen LogP contribution in [0.4, 0.5) is 4.79 Å². The van der Waals surface area contributed by atoms with Gasteiger partial charge < -0.3 is 14.7 Å². The van der Waals surface area contributed by atoms with E-state index in [0.29, 0.717) is 18.9 Å². The van der Waals surface area contributed by atoms with Crippen LogP contribution in [-0.2, 0) is 9.53 Å². The molecule has 2 atom stereocenters. The minimum Gasteiger partial charge on any atom is -0.480 e. The van der Waals surface area contributed by atoms with Gasteiger partial charge in [0.15, 0.2) is 0 Å². The molecular formula is C14H26N2O4S. The van der Waals surface area contributed by atoms with E-state index in [4.69, 9.17) is 4.74 Å². The first kappa shape index (κ1) is 18.1. The van der Waals surface area contributed by atoms with Gasteiger partial charge in [0.05, 0.1) is 12.0 Å². The molecule has 0 radical (unpaired) electrons. The second-order valence-corrected chi connectivity index (χ2v) is 6.48. The largest absolute Gasteiger partial charge is 0.480 e. The van der Waals surface area contributed by atoms with Crippen LogP contribution >= 0.6 is 11.8 Å². The highest BCUT2D eigenvalue weighted by molar-refractivity contribution is 8.00. The fraction of sp³-hybridized carbons (Fsp3) is 0.857. The van der Waals surface area contributed by atoms with E-state index in [1.54, 1.807) is 12.0 Å². The average molecular weight is 318 g/mol. The second kappa shape index (κ2) is 8.48. The molecule has 6 nitrogen and oxygen atoms in total. The number of ether oxygens (including phenoxy) is 1. The summed E-state index contributed by atoms with van der Waals surface area (Å²) in [5, 5.41) is 9.20. The highest BCUT2D eigenvalue weighted by Gasteiger charge is 2.42. The van der Waals surface area contributed by atoms with Crippen LogP contribution in [0.3, 0.4) is 0 Å². The number of carboxylic acid groups (broad SMARTS) is 1. The number of carbonyl (C=O) groups is 2. The van der Waals surface area contributed by atoms with Crippen LogP contribution in [0.25, 0.3) is 0 Å². The maximum atomic E-state index is 12.9. The van der Waals surface area contributed by atoms with Crippen molar-refractivity contribution in [3.8, 4) is 0 Å². The van der Waals surface area contributed by atoms with Crippen LogP contribution in [0.1, 0.15) is 33.6 Å². The molecule has 0 saturated carbocycles. The van der Waals surface area contributed by atoms with Crippen molar-refractivity contribution in [2.45, 2.75) is 51.1 Å². The van der Waals surface area contributed by atoms with E-state index in [1.807, 2.05) is 20.8 Å². The van der Waals surface area contributed by atoms with E-state index in [1.165, 1.54) is 16.7 Å². The molecule has 1 heterocycles. The minimum absolute atomic E-state index is 0.111. The predicted molar refractivity (Wildman–Crippen MR) is 83.5 cm³/mol. The normalized spacial score (nSPS) is 21.9. The molecule has 2 amide bonds. The van der Waals surface area contributed by atoms with E-state index in [-0.39, 0.29) is 17.4 Å². The van der Waals surface area contributed by atoms with Gasteiger partial charge in [-0.2, -0.15) is 0 Å². The first-order valence-electron chi connectivity index (χ1n) is 7.40. The van der Waals surface area contributed by atoms with Crippen molar-refractivity contribution in [3.63, 3.8) is 0 Å². The molecule has 122 valence electrons. The Labute approximate surface area is 130 Å². The number of aliphatic carboxylic acids is 1. The summed E-state index contributed by atoms with van der Waals surface area (Å²) in [6.07, 6.45) is 1.69. The Kier molecular flexibility index (Phi) is 7.31. The molecule has 7 heteroatoms. The van der Waals surface area contributed by atoms with Crippen LogP contribution in [0.5, 0.6) is 0 Å². The molecular weight excluding hydrogens is 292 g/mol. The van der Waals surface area contributed by atoms with Gasteiger partial charge in [-0.05, 0) is 19.8 Å². The van der Waals surface area contributed by atoms with Gasteiger partial charge >= 0.3 is 12.0 Å². The molecule has 1 N–H and O–H groups in total. The van der Waals surface area contributed by atoms with Crippen molar-refractivity contribution in [3.05, 3.63) is 0 Å². The van der Waals surface area contributed by atoms with Gasteiger partial charge in [0, 0.05) is 25.4 Å². The van der Waals surface area contributed by atoms with E-state index >= 15 is 0 Å². The molecule has 1 fully saturated rings. The van der Waals surface area contributed by atoms with Crippen molar-refractivity contribution in [2.24, 2.45) is 0 Å². The molecule has 0 aliphatic carbocycles. The number of urea groups is 1. The smallest absolute Gasteiger partial charge is 0.327 e. The van der Waals surface area contributed by atoms with Crippen molar-refractivity contribution in [1.29, 1.82) is 0 Å². The monoisotopic (exact) mass is 318 g/mol. The van der Waals surface area contributed by atoms with Crippen LogP contribution in [0, 0.1) is 0 Å². The van der Waals surface area contributed by atoms with Crippen molar-refractivity contribution in [1.82, 2.24) is 9.80 Å². The van der Waals surface area contributed by atoms with Gasteiger partial charge in [-0.3, -0.25) is 4.90 Å². The summed E-state index contributed by atoms with van der Waals surface area (Å²) in [6.45, 7) is 6.90. The lowest BCUT2D eigenvalue weighted by Gasteiger charge is -2.36. The molecule has 1 saturated heterocycles. The molecule has 21 heavy (non-hydrogen) atoms. The summed E-state index contributed by atoms with van der Waals surface area (Å²) < 4.78 is 5.09. The quantitative estimate of drug-likeness (QED) is 0.778. The van der Waals surface area contributed by atoms with Crippen LogP contribution in [-0.4, -0.2) is 70.4 Å². The third kappa shape index (κ3) is 4.26. The molecule has 0 aromatic carbocycles. The number of hydrogen-bond donors (Lipinski definition) is 1. The Hall–Kier alpha value is -0.950. The number of carbonyl (C=O) groups excluding carboxylic acids is 1. The van der Waals surface area contributed by atoms with Crippen molar-refractivity contribution >= 4 is 23.8 Å². The number of nitrogens with zero attached hydrogens (tertiary/aromatic N) is 2. The maximum absolute atomic E-state index is 12.9. The van der Waals surface area contributed by atoms with Gasteiger partial charge in [-0.25, -0.2) is 9.59 Å². The number of thioether (sulfide) groups is 1. The summed E-state index contributed by atoms with van der Waals surface area (Å²) >= 11 is 1.50. The third-order valence-electron chi connectivity index (χ3n) is 3.89. The highest BCUT2D eigenvalue weighted by Crippen LogP contribution is 2.30. The molecule has 0 aromatic rings. The molecule has 1 rings (SSSR count). The molecule has 0 bridgehead atoms. The predicted octanol–water partition coefficient (Wildman–Crippen LogP) is 2.09. The molecule has 1 aliphatic rings. The number of carboxylic acids is 1. The summed E-state index contributed by atoms with van der Waals surface area (Å²) in [6, 6.07) is -0.817. The summed E-state index contributed by atoms with van der Waals surface area (Å²) in [5.41, 5.74) is 0. The third-order valence-corrected chi connectivity index (χ3v) is 5.11. The maximum Gasteiger partial charge on any atom is 0.327 e. The Morgan fingerprint density at radius 2 is 2.05 bits per heavy atom. The molecule has 1 aliphatic heterocycles. The second-order valence-electron chi connectivity index (χ2n) is 5.13.